The third-order valence-electron chi connectivity index (χ3n) is 4.00. The highest BCUT2D eigenvalue weighted by Gasteiger charge is 2.31. The Morgan fingerprint density at radius 1 is 1.00 bits per heavy atom. The Labute approximate surface area is 155 Å². The fourth-order valence-corrected chi connectivity index (χ4v) is 2.73. The van der Waals surface area contributed by atoms with E-state index >= 15 is 0 Å². The molecule has 10 heteroatoms. The Morgan fingerprint density at radius 3 is 2.46 bits per heavy atom. The molecule has 0 aliphatic heterocycles. The van der Waals surface area contributed by atoms with Crippen molar-refractivity contribution in [3.63, 3.8) is 0 Å². The Kier molecular flexibility index (Phi) is 4.17. The maximum Gasteiger partial charge on any atom is 0.416 e. The summed E-state index contributed by atoms with van der Waals surface area (Å²) in [4.78, 5) is 8.33. The maximum absolute atomic E-state index is 13.7. The first-order valence-electron chi connectivity index (χ1n) is 7.96. The van der Waals surface area contributed by atoms with E-state index in [1.54, 1.807) is 12.1 Å². The number of aromatic nitrogens is 5. The number of nitrogens with zero attached hydrogens (tertiary/aromatic N) is 5. The molecule has 6 nitrogen and oxygen atoms in total. The van der Waals surface area contributed by atoms with Crippen LogP contribution in [0.4, 0.5) is 17.6 Å². The molecule has 0 radical (unpaired) electrons. The predicted octanol–water partition coefficient (Wildman–Crippen LogP) is 4.04. The number of pyridine rings is 1. The first kappa shape index (κ1) is 17.8. The van der Waals surface area contributed by atoms with Crippen LogP contribution in [0.15, 0.2) is 48.7 Å². The van der Waals surface area contributed by atoms with Gasteiger partial charge >= 0.3 is 6.18 Å². The number of methoxy groups -OCH3 is 1. The van der Waals surface area contributed by atoms with E-state index in [-0.39, 0.29) is 28.7 Å². The van der Waals surface area contributed by atoms with Crippen LogP contribution in [0.25, 0.3) is 28.4 Å². The number of hydrogen-bond donors (Lipinski definition) is 0. The number of rotatable bonds is 3. The van der Waals surface area contributed by atoms with E-state index in [0.29, 0.717) is 5.52 Å². The molecule has 28 heavy (non-hydrogen) atoms. The largest absolute Gasteiger partial charge is 0.480 e. The fourth-order valence-electron chi connectivity index (χ4n) is 2.73. The van der Waals surface area contributed by atoms with Crippen molar-refractivity contribution in [2.24, 2.45) is 0 Å². The number of benzene rings is 1. The first-order valence-corrected chi connectivity index (χ1v) is 7.96. The van der Waals surface area contributed by atoms with Crippen LogP contribution < -0.4 is 4.74 Å². The minimum absolute atomic E-state index is 0.0634. The molecule has 0 saturated heterocycles. The van der Waals surface area contributed by atoms with Crippen LogP contribution in [0.2, 0.25) is 0 Å². The van der Waals surface area contributed by atoms with Gasteiger partial charge in [0, 0.05) is 18.3 Å². The summed E-state index contributed by atoms with van der Waals surface area (Å²) in [6.07, 6.45) is -3.27. The minimum atomic E-state index is -4.52. The van der Waals surface area contributed by atoms with Crippen LogP contribution in [0, 0.1) is 5.82 Å². The van der Waals surface area contributed by atoms with E-state index in [1.165, 1.54) is 23.9 Å². The van der Waals surface area contributed by atoms with Crippen LogP contribution in [0.1, 0.15) is 5.56 Å². The molecule has 0 N–H and O–H groups in total. The zero-order valence-corrected chi connectivity index (χ0v) is 14.3. The molecule has 3 heterocycles. The molecule has 1 aromatic carbocycles. The third-order valence-corrected chi connectivity index (χ3v) is 4.00. The number of hydrogen-bond acceptors (Lipinski definition) is 5. The van der Waals surface area contributed by atoms with Gasteiger partial charge < -0.3 is 4.74 Å². The van der Waals surface area contributed by atoms with E-state index < -0.39 is 17.6 Å². The summed E-state index contributed by atoms with van der Waals surface area (Å²) in [7, 11) is 1.43. The zero-order valence-electron chi connectivity index (χ0n) is 14.3. The topological polar surface area (TPSA) is 65.7 Å². The fraction of sp³-hybridized carbons (Fsp3) is 0.111. The molecule has 0 aliphatic rings. The molecular weight excluding hydrogens is 378 g/mol. The molecule has 0 unspecified atom stereocenters. The summed E-state index contributed by atoms with van der Waals surface area (Å²) >= 11 is 0. The molecule has 4 aromatic rings. The second-order valence-corrected chi connectivity index (χ2v) is 5.77. The highest BCUT2D eigenvalue weighted by atomic mass is 19.4. The lowest BCUT2D eigenvalue weighted by Gasteiger charge is -2.09. The Morgan fingerprint density at radius 2 is 1.82 bits per heavy atom. The summed E-state index contributed by atoms with van der Waals surface area (Å²) in [6, 6.07) is 8.55. The second-order valence-electron chi connectivity index (χ2n) is 5.77. The third kappa shape index (κ3) is 3.13. The van der Waals surface area contributed by atoms with Crippen molar-refractivity contribution in [2.75, 3.05) is 7.11 Å². The Bertz CT molecular complexity index is 1160. The summed E-state index contributed by atoms with van der Waals surface area (Å²) in [6.45, 7) is 0. The zero-order chi connectivity index (χ0) is 19.9. The van der Waals surface area contributed by atoms with Gasteiger partial charge in [0.1, 0.15) is 11.5 Å². The van der Waals surface area contributed by atoms with Gasteiger partial charge in [0.2, 0.25) is 5.88 Å². The molecule has 4 rings (SSSR count). The van der Waals surface area contributed by atoms with Gasteiger partial charge in [-0.2, -0.15) is 13.2 Å². The normalized spacial score (nSPS) is 11.8. The lowest BCUT2D eigenvalue weighted by Crippen LogP contribution is -2.05. The predicted molar refractivity (Wildman–Crippen MR) is 91.4 cm³/mol. The van der Waals surface area contributed by atoms with Crippen molar-refractivity contribution in [1.29, 1.82) is 0 Å². The van der Waals surface area contributed by atoms with Crippen molar-refractivity contribution >= 4 is 11.0 Å². The number of halogens is 4. The van der Waals surface area contributed by atoms with Crippen LogP contribution in [0.3, 0.4) is 0 Å². The van der Waals surface area contributed by atoms with E-state index in [2.05, 4.69) is 20.2 Å². The van der Waals surface area contributed by atoms with Crippen molar-refractivity contribution in [1.82, 2.24) is 24.7 Å². The summed E-state index contributed by atoms with van der Waals surface area (Å²) < 4.78 is 59.3. The van der Waals surface area contributed by atoms with Gasteiger partial charge in [0.15, 0.2) is 11.6 Å². The number of imidazole rings is 1. The SMILES string of the molecule is COc1ccc(-n2c(-c3cc(F)ccn3)nc3cc(C(F)(F)F)ccc32)nn1. The summed E-state index contributed by atoms with van der Waals surface area (Å²) in [5, 5.41) is 7.90. The quantitative estimate of drug-likeness (QED) is 0.495. The average molecular weight is 389 g/mol. The molecule has 142 valence electrons. The van der Waals surface area contributed by atoms with Gasteiger partial charge in [-0.3, -0.25) is 9.55 Å². The van der Waals surface area contributed by atoms with Crippen molar-refractivity contribution in [2.45, 2.75) is 6.18 Å². The van der Waals surface area contributed by atoms with Crippen LogP contribution in [0.5, 0.6) is 5.88 Å². The number of ether oxygens (including phenoxy) is 1. The van der Waals surface area contributed by atoms with Crippen molar-refractivity contribution in [3.8, 4) is 23.2 Å². The van der Waals surface area contributed by atoms with Gasteiger partial charge in [-0.25, -0.2) is 9.37 Å². The molecule has 0 amide bonds. The van der Waals surface area contributed by atoms with Gasteiger partial charge in [-0.05, 0) is 30.3 Å². The summed E-state index contributed by atoms with van der Waals surface area (Å²) in [5.74, 6) is 0.107. The highest BCUT2D eigenvalue weighted by Crippen LogP contribution is 2.33. The first-order chi connectivity index (χ1) is 13.4. The molecule has 0 bridgehead atoms. The van der Waals surface area contributed by atoms with Crippen molar-refractivity contribution < 1.29 is 22.3 Å². The smallest absolute Gasteiger partial charge is 0.416 e. The molecule has 0 atom stereocenters. The molecule has 0 aliphatic carbocycles. The van der Waals surface area contributed by atoms with E-state index in [1.807, 2.05) is 0 Å². The molecule has 3 aromatic heterocycles. The lowest BCUT2D eigenvalue weighted by molar-refractivity contribution is -0.137. The van der Waals surface area contributed by atoms with Gasteiger partial charge in [0.25, 0.3) is 0 Å². The van der Waals surface area contributed by atoms with E-state index in [0.717, 1.165) is 24.3 Å². The van der Waals surface area contributed by atoms with Crippen LogP contribution in [-0.2, 0) is 6.18 Å². The van der Waals surface area contributed by atoms with E-state index in [9.17, 15) is 17.6 Å². The molecule has 0 fully saturated rings. The standard InChI is InChI=1S/C18H11F4N5O/c1-28-16-5-4-15(25-26-16)27-14-3-2-10(18(20,21)22)8-12(14)24-17(27)13-9-11(19)6-7-23-13/h2-9H,1H3. The minimum Gasteiger partial charge on any atom is -0.480 e. The Balaban J connectivity index is 1.99. The number of alkyl halides is 3. The highest BCUT2D eigenvalue weighted by molar-refractivity contribution is 5.83. The summed E-state index contributed by atoms with van der Waals surface area (Å²) in [5.41, 5.74) is -0.298. The average Bonchev–Trinajstić information content (AvgIpc) is 3.06. The molecule has 0 saturated carbocycles. The van der Waals surface area contributed by atoms with E-state index in [4.69, 9.17) is 4.74 Å². The van der Waals surface area contributed by atoms with Crippen LogP contribution in [-0.4, -0.2) is 31.8 Å². The maximum atomic E-state index is 13.7. The molecule has 0 spiro atoms. The molecular formula is C18H11F4N5O. The lowest BCUT2D eigenvalue weighted by atomic mass is 10.2. The van der Waals surface area contributed by atoms with Gasteiger partial charge in [0.05, 0.1) is 23.7 Å². The van der Waals surface area contributed by atoms with Gasteiger partial charge in [-0.1, -0.05) is 0 Å². The Hall–Kier alpha value is -3.56. The second kappa shape index (κ2) is 6.55. The number of fused-ring (bicyclic) bond motifs is 1. The van der Waals surface area contributed by atoms with Crippen molar-refractivity contribution in [3.05, 3.63) is 60.0 Å². The van der Waals surface area contributed by atoms with Crippen LogP contribution >= 0.6 is 0 Å². The van der Waals surface area contributed by atoms with Gasteiger partial charge in [-0.15, -0.1) is 10.2 Å². The monoisotopic (exact) mass is 389 g/mol.